The second-order valence-corrected chi connectivity index (χ2v) is 5.48. The van der Waals surface area contributed by atoms with Crippen LogP contribution in [0, 0.1) is 0 Å². The van der Waals surface area contributed by atoms with Gasteiger partial charge in [0, 0.05) is 31.0 Å². The van der Waals surface area contributed by atoms with Crippen molar-refractivity contribution in [1.82, 2.24) is 4.90 Å². The first-order chi connectivity index (χ1) is 9.97. The number of nitrogens with zero attached hydrogens (tertiary/aromatic N) is 1. The maximum Gasteiger partial charge on any atom is 0.339 e. The van der Waals surface area contributed by atoms with Crippen LogP contribution in [0.3, 0.4) is 0 Å². The van der Waals surface area contributed by atoms with Crippen molar-refractivity contribution in [2.45, 2.75) is 6.42 Å². The molecule has 0 radical (unpaired) electrons. The SMILES string of the molecule is O=C(CCN1CCSC1=O)Nc1ccc(O)c(C(=O)O)c1. The van der Waals surface area contributed by atoms with Crippen LogP contribution in [0.4, 0.5) is 10.5 Å². The number of phenols is 1. The molecule has 1 fully saturated rings. The van der Waals surface area contributed by atoms with Crippen LogP contribution in [0.15, 0.2) is 18.2 Å². The number of hydrogen-bond donors (Lipinski definition) is 3. The van der Waals surface area contributed by atoms with Crippen LogP contribution >= 0.6 is 11.8 Å². The molecule has 1 aromatic rings. The minimum atomic E-state index is -1.27. The lowest BCUT2D eigenvalue weighted by molar-refractivity contribution is -0.116. The molecule has 0 atom stereocenters. The molecule has 1 aliphatic rings. The van der Waals surface area contributed by atoms with Gasteiger partial charge in [-0.25, -0.2) is 4.79 Å². The van der Waals surface area contributed by atoms with Crippen LogP contribution < -0.4 is 5.32 Å². The fourth-order valence-corrected chi connectivity index (χ4v) is 2.73. The van der Waals surface area contributed by atoms with Crippen molar-refractivity contribution < 1.29 is 24.6 Å². The Morgan fingerprint density at radius 3 is 2.76 bits per heavy atom. The number of nitrogens with one attached hydrogen (secondary N) is 1. The molecule has 112 valence electrons. The Balaban J connectivity index is 1.92. The van der Waals surface area contributed by atoms with Gasteiger partial charge in [-0.3, -0.25) is 9.59 Å². The van der Waals surface area contributed by atoms with Crippen LogP contribution in [0.2, 0.25) is 0 Å². The number of carbonyl (C=O) groups is 3. The van der Waals surface area contributed by atoms with Crippen molar-refractivity contribution in [3.63, 3.8) is 0 Å². The predicted octanol–water partition coefficient (Wildman–Crippen LogP) is 1.59. The molecule has 1 saturated heterocycles. The van der Waals surface area contributed by atoms with Gasteiger partial charge in [0.1, 0.15) is 11.3 Å². The summed E-state index contributed by atoms with van der Waals surface area (Å²) in [6.07, 6.45) is 0.135. The Kier molecular flexibility index (Phi) is 4.69. The summed E-state index contributed by atoms with van der Waals surface area (Å²) in [6, 6.07) is 3.81. The van der Waals surface area contributed by atoms with Crippen molar-refractivity contribution >= 4 is 34.6 Å². The summed E-state index contributed by atoms with van der Waals surface area (Å²) >= 11 is 1.23. The Bertz CT molecular complexity index is 590. The zero-order valence-corrected chi connectivity index (χ0v) is 11.9. The maximum absolute atomic E-state index is 11.8. The van der Waals surface area contributed by atoms with Crippen molar-refractivity contribution in [3.05, 3.63) is 23.8 Å². The third-order valence-corrected chi connectivity index (χ3v) is 3.86. The molecule has 1 aliphatic heterocycles. The predicted molar refractivity (Wildman–Crippen MR) is 77.7 cm³/mol. The fraction of sp³-hybridized carbons (Fsp3) is 0.308. The second-order valence-electron chi connectivity index (χ2n) is 4.44. The Morgan fingerprint density at radius 1 is 1.38 bits per heavy atom. The smallest absolute Gasteiger partial charge is 0.339 e. The van der Waals surface area contributed by atoms with Gasteiger partial charge in [0.15, 0.2) is 0 Å². The number of amides is 2. The fourth-order valence-electron chi connectivity index (χ4n) is 1.87. The van der Waals surface area contributed by atoms with Gasteiger partial charge >= 0.3 is 5.97 Å². The Hall–Kier alpha value is -2.22. The number of carboxylic acids is 1. The lowest BCUT2D eigenvalue weighted by atomic mass is 10.1. The molecule has 0 bridgehead atoms. The van der Waals surface area contributed by atoms with Gasteiger partial charge in [0.25, 0.3) is 5.24 Å². The number of aromatic carboxylic acids is 1. The third kappa shape index (κ3) is 3.88. The van der Waals surface area contributed by atoms with E-state index in [1.165, 1.54) is 30.0 Å². The summed E-state index contributed by atoms with van der Waals surface area (Å²) in [5, 5.41) is 20.8. The average molecular weight is 310 g/mol. The van der Waals surface area contributed by atoms with Gasteiger partial charge in [-0.1, -0.05) is 11.8 Å². The van der Waals surface area contributed by atoms with E-state index < -0.39 is 5.97 Å². The van der Waals surface area contributed by atoms with Gasteiger partial charge < -0.3 is 20.4 Å². The minimum absolute atomic E-state index is 0.0272. The standard InChI is InChI=1S/C13H14N2O5S/c16-10-2-1-8(7-9(10)12(18)19)14-11(17)3-4-15-5-6-21-13(15)20/h1-2,7,16H,3-6H2,(H,14,17)(H,18,19). The number of benzene rings is 1. The summed E-state index contributed by atoms with van der Waals surface area (Å²) in [5.41, 5.74) is 0.0104. The number of aromatic hydroxyl groups is 1. The number of rotatable bonds is 5. The zero-order chi connectivity index (χ0) is 15.4. The van der Waals surface area contributed by atoms with E-state index in [0.29, 0.717) is 13.1 Å². The summed E-state index contributed by atoms with van der Waals surface area (Å²) in [5.74, 6) is -1.22. The number of carbonyl (C=O) groups excluding carboxylic acids is 2. The third-order valence-electron chi connectivity index (χ3n) is 2.96. The quantitative estimate of drug-likeness (QED) is 0.713. The topological polar surface area (TPSA) is 107 Å². The van der Waals surface area contributed by atoms with Crippen LogP contribution in [-0.4, -0.2) is 51.1 Å². The number of hydrogen-bond acceptors (Lipinski definition) is 5. The van der Waals surface area contributed by atoms with Crippen molar-refractivity contribution in [2.24, 2.45) is 0 Å². The molecule has 2 rings (SSSR count). The molecule has 0 aromatic heterocycles. The monoisotopic (exact) mass is 310 g/mol. The molecule has 8 heteroatoms. The summed E-state index contributed by atoms with van der Waals surface area (Å²) in [7, 11) is 0. The van der Waals surface area contributed by atoms with E-state index in [1.54, 1.807) is 4.90 Å². The molecular formula is C13H14N2O5S. The molecule has 0 saturated carbocycles. The summed E-state index contributed by atoms with van der Waals surface area (Å²) < 4.78 is 0. The van der Waals surface area contributed by atoms with Crippen LogP contribution in [-0.2, 0) is 4.79 Å². The first-order valence-electron chi connectivity index (χ1n) is 6.25. The minimum Gasteiger partial charge on any atom is -0.507 e. The molecule has 2 amide bonds. The lowest BCUT2D eigenvalue weighted by Gasteiger charge is -2.14. The summed E-state index contributed by atoms with van der Waals surface area (Å²) in [4.78, 5) is 35.6. The van der Waals surface area contributed by atoms with Crippen molar-refractivity contribution in [2.75, 3.05) is 24.2 Å². The molecule has 0 aliphatic carbocycles. The Labute approximate surface area is 124 Å². The highest BCUT2D eigenvalue weighted by molar-refractivity contribution is 8.13. The first kappa shape index (κ1) is 15.2. The first-order valence-corrected chi connectivity index (χ1v) is 7.24. The van der Waals surface area contributed by atoms with E-state index >= 15 is 0 Å². The van der Waals surface area contributed by atoms with Crippen molar-refractivity contribution in [3.8, 4) is 5.75 Å². The van der Waals surface area contributed by atoms with Gasteiger partial charge in [0.2, 0.25) is 5.91 Å². The highest BCUT2D eigenvalue weighted by Crippen LogP contribution is 2.22. The Morgan fingerprint density at radius 2 is 2.14 bits per heavy atom. The molecule has 1 aromatic carbocycles. The van der Waals surface area contributed by atoms with Crippen molar-refractivity contribution in [1.29, 1.82) is 0 Å². The van der Waals surface area contributed by atoms with Gasteiger partial charge in [-0.05, 0) is 18.2 Å². The normalized spacial score (nSPS) is 14.3. The zero-order valence-electron chi connectivity index (χ0n) is 11.0. The molecule has 3 N–H and O–H groups in total. The van der Waals surface area contributed by atoms with Gasteiger partial charge in [0.05, 0.1) is 0 Å². The van der Waals surface area contributed by atoms with E-state index in [-0.39, 0.29) is 34.6 Å². The van der Waals surface area contributed by atoms with E-state index in [2.05, 4.69) is 5.32 Å². The highest BCUT2D eigenvalue weighted by atomic mass is 32.2. The van der Waals surface area contributed by atoms with E-state index in [4.69, 9.17) is 5.11 Å². The maximum atomic E-state index is 11.8. The van der Waals surface area contributed by atoms with Crippen LogP contribution in [0.5, 0.6) is 5.75 Å². The molecule has 0 unspecified atom stereocenters. The van der Waals surface area contributed by atoms with Crippen LogP contribution in [0.1, 0.15) is 16.8 Å². The molecule has 21 heavy (non-hydrogen) atoms. The van der Waals surface area contributed by atoms with Crippen LogP contribution in [0.25, 0.3) is 0 Å². The van der Waals surface area contributed by atoms with Gasteiger partial charge in [-0.2, -0.15) is 0 Å². The average Bonchev–Trinajstić information content (AvgIpc) is 2.84. The molecule has 1 heterocycles. The largest absolute Gasteiger partial charge is 0.507 e. The lowest BCUT2D eigenvalue weighted by Crippen LogP contribution is -2.27. The number of thioether (sulfide) groups is 1. The highest BCUT2D eigenvalue weighted by Gasteiger charge is 2.21. The number of anilines is 1. The number of carboxylic acid groups (broad SMARTS) is 1. The van der Waals surface area contributed by atoms with E-state index in [9.17, 15) is 19.5 Å². The summed E-state index contributed by atoms with van der Waals surface area (Å²) in [6.45, 7) is 0.973. The van der Waals surface area contributed by atoms with E-state index in [0.717, 1.165) is 5.75 Å². The molecule has 7 nitrogen and oxygen atoms in total. The molecular weight excluding hydrogens is 296 g/mol. The second kappa shape index (κ2) is 6.49. The molecule has 0 spiro atoms. The van der Waals surface area contributed by atoms with E-state index in [1.807, 2.05) is 0 Å². The van der Waals surface area contributed by atoms with Gasteiger partial charge in [-0.15, -0.1) is 0 Å².